The lowest BCUT2D eigenvalue weighted by Gasteiger charge is -2.13. The van der Waals surface area contributed by atoms with Crippen LogP contribution in [0.4, 0.5) is 0 Å². The van der Waals surface area contributed by atoms with Crippen molar-refractivity contribution in [1.82, 2.24) is 0 Å². The maximum atomic E-state index is 8.45. The van der Waals surface area contributed by atoms with Crippen LogP contribution in [0.3, 0.4) is 0 Å². The third kappa shape index (κ3) is 4.38. The van der Waals surface area contributed by atoms with Crippen LogP contribution < -0.4 is 10.5 Å². The molecule has 0 saturated carbocycles. The highest BCUT2D eigenvalue weighted by molar-refractivity contribution is 5.43. The Morgan fingerprint density at radius 3 is 2.44 bits per heavy atom. The van der Waals surface area contributed by atoms with Crippen molar-refractivity contribution in [3.05, 3.63) is 28.8 Å². The van der Waals surface area contributed by atoms with E-state index in [2.05, 4.69) is 32.0 Å². The standard InChI is InChI=1S/C15H22N2O/c1-12-10-14(6-8-17)11-13(2)15(12)18-9-5-3-4-7-16/h10-11H,3-6,8-9,17H2,1-2H3. The number of nitrogens with two attached hydrogens (primary N) is 1. The first-order valence-corrected chi connectivity index (χ1v) is 6.49. The average Bonchev–Trinajstić information content (AvgIpc) is 2.32. The van der Waals surface area contributed by atoms with Gasteiger partial charge in [0.2, 0.25) is 0 Å². The van der Waals surface area contributed by atoms with Crippen LogP contribution in [-0.2, 0) is 6.42 Å². The number of ether oxygens (including phenoxy) is 1. The summed E-state index contributed by atoms with van der Waals surface area (Å²) >= 11 is 0. The van der Waals surface area contributed by atoms with E-state index in [1.165, 1.54) is 16.7 Å². The first-order chi connectivity index (χ1) is 8.69. The molecule has 2 N–H and O–H groups in total. The predicted octanol–water partition coefficient (Wildman–Crippen LogP) is 2.88. The molecule has 0 fully saturated rings. The Morgan fingerprint density at radius 1 is 1.22 bits per heavy atom. The number of rotatable bonds is 7. The normalized spacial score (nSPS) is 10.1. The van der Waals surface area contributed by atoms with Gasteiger partial charge in [-0.05, 0) is 56.3 Å². The lowest BCUT2D eigenvalue weighted by atomic mass is 10.0. The number of hydrogen-bond acceptors (Lipinski definition) is 3. The van der Waals surface area contributed by atoms with E-state index in [-0.39, 0.29) is 0 Å². The second kappa shape index (κ2) is 7.73. The largest absolute Gasteiger partial charge is 0.493 e. The fourth-order valence-corrected chi connectivity index (χ4v) is 2.06. The zero-order chi connectivity index (χ0) is 13.4. The van der Waals surface area contributed by atoms with Crippen molar-refractivity contribution in [2.24, 2.45) is 5.73 Å². The van der Waals surface area contributed by atoms with E-state index >= 15 is 0 Å². The molecule has 0 saturated heterocycles. The van der Waals surface area contributed by atoms with Crippen LogP contribution in [0.5, 0.6) is 5.75 Å². The molecule has 0 aromatic heterocycles. The van der Waals surface area contributed by atoms with E-state index in [4.69, 9.17) is 15.7 Å². The molecule has 0 atom stereocenters. The van der Waals surface area contributed by atoms with E-state index in [1.54, 1.807) is 0 Å². The Hall–Kier alpha value is -1.53. The second-order valence-corrected chi connectivity index (χ2v) is 4.56. The van der Waals surface area contributed by atoms with Gasteiger partial charge in [-0.25, -0.2) is 0 Å². The maximum absolute atomic E-state index is 8.45. The molecule has 3 nitrogen and oxygen atoms in total. The Morgan fingerprint density at radius 2 is 1.89 bits per heavy atom. The van der Waals surface area contributed by atoms with Crippen molar-refractivity contribution in [3.8, 4) is 11.8 Å². The van der Waals surface area contributed by atoms with Gasteiger partial charge < -0.3 is 10.5 Å². The van der Waals surface area contributed by atoms with Crippen molar-refractivity contribution in [3.63, 3.8) is 0 Å². The average molecular weight is 246 g/mol. The van der Waals surface area contributed by atoms with Gasteiger partial charge in [-0.15, -0.1) is 0 Å². The number of unbranched alkanes of at least 4 members (excludes halogenated alkanes) is 2. The van der Waals surface area contributed by atoms with Gasteiger partial charge in [-0.2, -0.15) is 5.26 Å². The minimum atomic E-state index is 0.608. The quantitative estimate of drug-likeness (QED) is 0.752. The molecule has 1 aromatic carbocycles. The van der Waals surface area contributed by atoms with E-state index in [9.17, 15) is 0 Å². The highest BCUT2D eigenvalue weighted by Gasteiger charge is 2.06. The van der Waals surface area contributed by atoms with Gasteiger partial charge in [0, 0.05) is 6.42 Å². The molecule has 0 heterocycles. The topological polar surface area (TPSA) is 59.0 Å². The van der Waals surface area contributed by atoms with E-state index in [0.717, 1.165) is 25.0 Å². The smallest absolute Gasteiger partial charge is 0.125 e. The summed E-state index contributed by atoms with van der Waals surface area (Å²) in [6, 6.07) is 6.43. The lowest BCUT2D eigenvalue weighted by molar-refractivity contribution is 0.303. The van der Waals surface area contributed by atoms with Gasteiger partial charge in [-0.1, -0.05) is 12.1 Å². The van der Waals surface area contributed by atoms with Crippen molar-refractivity contribution >= 4 is 0 Å². The maximum Gasteiger partial charge on any atom is 0.125 e. The fourth-order valence-electron chi connectivity index (χ4n) is 2.06. The summed E-state index contributed by atoms with van der Waals surface area (Å²) in [7, 11) is 0. The van der Waals surface area contributed by atoms with Crippen LogP contribution >= 0.6 is 0 Å². The molecule has 98 valence electrons. The molecule has 18 heavy (non-hydrogen) atoms. The van der Waals surface area contributed by atoms with E-state index < -0.39 is 0 Å². The van der Waals surface area contributed by atoms with Gasteiger partial charge in [0.1, 0.15) is 5.75 Å². The van der Waals surface area contributed by atoms with Crippen LogP contribution in [0.1, 0.15) is 36.0 Å². The van der Waals surface area contributed by atoms with E-state index in [0.29, 0.717) is 19.6 Å². The lowest BCUT2D eigenvalue weighted by Crippen LogP contribution is -2.05. The summed E-state index contributed by atoms with van der Waals surface area (Å²) in [5.41, 5.74) is 9.17. The SMILES string of the molecule is Cc1cc(CCN)cc(C)c1OCCCCC#N. The molecule has 0 unspecified atom stereocenters. The summed E-state index contributed by atoms with van der Waals surface area (Å²) in [4.78, 5) is 0. The van der Waals surface area contributed by atoms with Gasteiger partial charge in [-0.3, -0.25) is 0 Å². The summed E-state index contributed by atoms with van der Waals surface area (Å²) in [6.07, 6.45) is 3.34. The Labute approximate surface area is 110 Å². The van der Waals surface area contributed by atoms with Crippen molar-refractivity contribution in [1.29, 1.82) is 5.26 Å². The summed E-state index contributed by atoms with van der Waals surface area (Å²) in [6.45, 7) is 5.49. The molecule has 0 aliphatic heterocycles. The number of hydrogen-bond donors (Lipinski definition) is 1. The molecule has 0 bridgehead atoms. The molecule has 0 aliphatic rings. The number of benzene rings is 1. The zero-order valence-electron chi connectivity index (χ0n) is 11.3. The van der Waals surface area contributed by atoms with Crippen molar-refractivity contribution in [2.75, 3.05) is 13.2 Å². The zero-order valence-corrected chi connectivity index (χ0v) is 11.3. The monoisotopic (exact) mass is 246 g/mol. The minimum absolute atomic E-state index is 0.608. The molecule has 0 spiro atoms. The van der Waals surface area contributed by atoms with Crippen LogP contribution in [0.25, 0.3) is 0 Å². The van der Waals surface area contributed by atoms with Crippen LogP contribution in [0, 0.1) is 25.2 Å². The predicted molar refractivity (Wildman–Crippen MR) is 73.6 cm³/mol. The second-order valence-electron chi connectivity index (χ2n) is 4.56. The summed E-state index contributed by atoms with van der Waals surface area (Å²) in [5.74, 6) is 0.979. The molecule has 0 aliphatic carbocycles. The van der Waals surface area contributed by atoms with Crippen molar-refractivity contribution < 1.29 is 4.74 Å². The van der Waals surface area contributed by atoms with Crippen LogP contribution in [0.2, 0.25) is 0 Å². The number of aryl methyl sites for hydroxylation is 2. The van der Waals surface area contributed by atoms with E-state index in [1.807, 2.05) is 0 Å². The molecular formula is C15H22N2O. The first-order valence-electron chi connectivity index (χ1n) is 6.49. The third-order valence-corrected chi connectivity index (χ3v) is 2.88. The Balaban J connectivity index is 2.58. The number of nitriles is 1. The summed E-state index contributed by atoms with van der Waals surface area (Å²) < 4.78 is 5.81. The Bertz CT molecular complexity index is 398. The molecular weight excluding hydrogens is 224 g/mol. The molecule has 0 amide bonds. The number of nitrogens with zero attached hydrogens (tertiary/aromatic N) is 1. The van der Waals surface area contributed by atoms with Gasteiger partial charge in [0.25, 0.3) is 0 Å². The first kappa shape index (κ1) is 14.5. The van der Waals surface area contributed by atoms with Gasteiger partial charge >= 0.3 is 0 Å². The molecule has 1 rings (SSSR count). The fraction of sp³-hybridized carbons (Fsp3) is 0.533. The van der Waals surface area contributed by atoms with Gasteiger partial charge in [0.15, 0.2) is 0 Å². The highest BCUT2D eigenvalue weighted by atomic mass is 16.5. The van der Waals surface area contributed by atoms with Crippen molar-refractivity contribution in [2.45, 2.75) is 39.5 Å². The van der Waals surface area contributed by atoms with Crippen LogP contribution in [-0.4, -0.2) is 13.2 Å². The highest BCUT2D eigenvalue weighted by Crippen LogP contribution is 2.25. The molecule has 1 aromatic rings. The van der Waals surface area contributed by atoms with Crippen LogP contribution in [0.15, 0.2) is 12.1 Å². The third-order valence-electron chi connectivity index (χ3n) is 2.88. The Kier molecular flexibility index (Phi) is 6.24. The molecule has 3 heteroatoms. The minimum Gasteiger partial charge on any atom is -0.493 e. The summed E-state index contributed by atoms with van der Waals surface area (Å²) in [5, 5.41) is 8.45. The van der Waals surface area contributed by atoms with Gasteiger partial charge in [0.05, 0.1) is 12.7 Å². The molecule has 0 radical (unpaired) electrons.